The summed E-state index contributed by atoms with van der Waals surface area (Å²) in [4.78, 5) is 51.9. The van der Waals surface area contributed by atoms with Crippen molar-refractivity contribution in [1.29, 1.82) is 0 Å². The number of allylic oxidation sites excluding steroid dienone is 1. The highest BCUT2D eigenvalue weighted by molar-refractivity contribution is 6.76. The van der Waals surface area contributed by atoms with Gasteiger partial charge in [0, 0.05) is 12.2 Å². The predicted octanol–water partition coefficient (Wildman–Crippen LogP) is 7.39. The highest BCUT2D eigenvalue weighted by Crippen LogP contribution is 2.28. The second-order valence-electron chi connectivity index (χ2n) is 10.1. The molecule has 3 N–H and O–H groups in total. The summed E-state index contributed by atoms with van der Waals surface area (Å²) >= 11 is 16.9. The molecule has 0 saturated heterocycles. The first-order chi connectivity index (χ1) is 21.2. The van der Waals surface area contributed by atoms with Crippen LogP contribution in [0.2, 0.25) is 0 Å². The fourth-order valence-electron chi connectivity index (χ4n) is 4.20. The molecule has 1 aliphatic rings. The first-order valence-corrected chi connectivity index (χ1v) is 15.7. The Labute approximate surface area is 279 Å². The second kappa shape index (κ2) is 19.3. The minimum atomic E-state index is -2.31. The maximum atomic E-state index is 15.5. The fourth-order valence-corrected chi connectivity index (χ4v) is 4.37. The maximum Gasteiger partial charge on any atom is 0.272 e. The van der Waals surface area contributed by atoms with Gasteiger partial charge in [-0.15, -0.1) is 6.58 Å². The Morgan fingerprint density at radius 3 is 1.98 bits per heavy atom. The number of benzene rings is 2. The Hall–Kier alpha value is -3.24. The van der Waals surface area contributed by atoms with Gasteiger partial charge in [0.25, 0.3) is 21.5 Å². The van der Waals surface area contributed by atoms with Crippen LogP contribution in [-0.2, 0) is 16.2 Å². The first kappa shape index (κ1) is 39.8. The number of aliphatic hydroxyl groups excluding tert-OH is 1. The Kier molecular flexibility index (Phi) is 17.1. The van der Waals surface area contributed by atoms with Crippen LogP contribution in [-0.4, -0.2) is 50.0 Å². The van der Waals surface area contributed by atoms with Crippen LogP contribution in [0.3, 0.4) is 0 Å². The van der Waals surface area contributed by atoms with E-state index in [2.05, 4.69) is 17.2 Å². The van der Waals surface area contributed by atoms with E-state index in [0.717, 1.165) is 11.0 Å². The van der Waals surface area contributed by atoms with Crippen molar-refractivity contribution in [2.75, 3.05) is 11.9 Å². The van der Waals surface area contributed by atoms with E-state index in [1.807, 2.05) is 20.8 Å². The Morgan fingerprint density at radius 2 is 1.53 bits per heavy atom. The number of nitrogens with one attached hydrogen (secondary N) is 2. The van der Waals surface area contributed by atoms with Gasteiger partial charge in [-0.3, -0.25) is 24.1 Å². The third kappa shape index (κ3) is 11.9. The number of rotatable bonds is 11. The Bertz CT molecular complexity index is 1310. The summed E-state index contributed by atoms with van der Waals surface area (Å²) in [7, 11) is 0. The number of imide groups is 1. The van der Waals surface area contributed by atoms with Crippen LogP contribution in [0.1, 0.15) is 73.7 Å². The molecule has 246 valence electrons. The van der Waals surface area contributed by atoms with E-state index in [9.17, 15) is 24.3 Å². The molecular formula is C33H41Cl3FN3O5. The first-order valence-electron chi connectivity index (χ1n) is 14.5. The van der Waals surface area contributed by atoms with Crippen LogP contribution < -0.4 is 10.6 Å². The minimum Gasteiger partial charge on any atom is -0.392 e. The van der Waals surface area contributed by atoms with Gasteiger partial charge in [0.05, 0.1) is 29.7 Å². The summed E-state index contributed by atoms with van der Waals surface area (Å²) < 4.78 is 13.2. The molecule has 12 heteroatoms. The van der Waals surface area contributed by atoms with Crippen LogP contribution in [0.4, 0.5) is 10.1 Å². The molecule has 0 saturated carbocycles. The monoisotopic (exact) mass is 683 g/mol. The molecule has 0 aliphatic carbocycles. The summed E-state index contributed by atoms with van der Waals surface area (Å²) in [5.41, 5.74) is 1.68. The predicted molar refractivity (Wildman–Crippen MR) is 179 cm³/mol. The molecule has 0 aromatic heterocycles. The number of anilines is 1. The van der Waals surface area contributed by atoms with Crippen molar-refractivity contribution in [3.63, 3.8) is 0 Å². The van der Waals surface area contributed by atoms with Crippen molar-refractivity contribution in [1.82, 2.24) is 10.2 Å². The molecule has 2 aromatic rings. The molecule has 0 spiro atoms. The summed E-state index contributed by atoms with van der Waals surface area (Å²) in [6.07, 6.45) is 3.11. The zero-order valence-electron chi connectivity index (χ0n) is 26.1. The zero-order valence-corrected chi connectivity index (χ0v) is 28.3. The van der Waals surface area contributed by atoms with Gasteiger partial charge in [0.15, 0.2) is 0 Å². The third-order valence-corrected chi connectivity index (χ3v) is 6.90. The fraction of sp³-hybridized carbons (Fsp3) is 0.394. The molecule has 1 heterocycles. The lowest BCUT2D eigenvalue weighted by atomic mass is 9.96. The van der Waals surface area contributed by atoms with Crippen LogP contribution in [0, 0.1) is 11.8 Å². The second-order valence-corrected chi connectivity index (χ2v) is 12.3. The van der Waals surface area contributed by atoms with E-state index in [1.165, 1.54) is 0 Å². The summed E-state index contributed by atoms with van der Waals surface area (Å²) in [6.45, 7) is 12.4. The van der Waals surface area contributed by atoms with Crippen molar-refractivity contribution in [2.24, 2.45) is 11.8 Å². The Balaban J connectivity index is 0.00000191. The summed E-state index contributed by atoms with van der Waals surface area (Å²) in [5.74, 6) is -4.74. The topological polar surface area (TPSA) is 116 Å². The minimum absolute atomic E-state index is 0.0222. The molecule has 2 atom stereocenters. The number of hydrogen-bond acceptors (Lipinski definition) is 5. The zero-order chi connectivity index (χ0) is 34.3. The molecule has 8 nitrogen and oxygen atoms in total. The van der Waals surface area contributed by atoms with Crippen LogP contribution in [0.25, 0.3) is 0 Å². The molecular weight excluding hydrogens is 644 g/mol. The largest absolute Gasteiger partial charge is 0.392 e. The number of amides is 4. The van der Waals surface area contributed by atoms with E-state index in [-0.39, 0.29) is 26.0 Å². The number of hydrogen-bond donors (Lipinski definition) is 3. The van der Waals surface area contributed by atoms with Crippen LogP contribution in [0.15, 0.2) is 73.1 Å². The third-order valence-electron chi connectivity index (χ3n) is 6.38. The number of carbonyl (C=O) groups is 4. The highest BCUT2D eigenvalue weighted by atomic mass is 35.6. The molecule has 45 heavy (non-hydrogen) atoms. The molecule has 2 aromatic carbocycles. The van der Waals surface area contributed by atoms with E-state index in [1.54, 1.807) is 68.5 Å². The molecule has 0 radical (unpaired) electrons. The van der Waals surface area contributed by atoms with Crippen molar-refractivity contribution in [3.8, 4) is 0 Å². The summed E-state index contributed by atoms with van der Waals surface area (Å²) in [5, 5.41) is 14.3. The molecule has 3 rings (SSSR count). The van der Waals surface area contributed by atoms with Crippen molar-refractivity contribution < 1.29 is 28.7 Å². The standard InChI is InChI=1S/C28H29Cl3FN3O5.C3H6.C2H6/c1-16(2)23(34-27(40)28(29,30)31)22(32)14-18(24(37)33-19-11-9-17(15-36)10-12-19)6-5-13-35-25(38)20-7-3-4-8-21(20)26(35)39;1-3-2;1-2/h3-4,7-12,14,16,18,23,36H,5-6,13,15H2,1-2H3,(H,33,37)(H,34,40);3H,1H2,2H3;1-2H3/b22-14-;;. The lowest BCUT2D eigenvalue weighted by Crippen LogP contribution is -2.44. The quantitative estimate of drug-likeness (QED) is 0.130. The lowest BCUT2D eigenvalue weighted by molar-refractivity contribution is -0.121. The molecule has 0 bridgehead atoms. The van der Waals surface area contributed by atoms with Crippen molar-refractivity contribution in [3.05, 3.63) is 89.8 Å². The number of fused-ring (bicyclic) bond motifs is 1. The van der Waals surface area contributed by atoms with Gasteiger partial charge in [-0.2, -0.15) is 0 Å². The van der Waals surface area contributed by atoms with Crippen molar-refractivity contribution in [2.45, 2.75) is 63.9 Å². The average Bonchev–Trinajstić information content (AvgIpc) is 3.25. The number of aliphatic hydroxyl groups is 1. The summed E-state index contributed by atoms with van der Waals surface area (Å²) in [6, 6.07) is 11.7. The molecule has 2 unspecified atom stereocenters. The smallest absolute Gasteiger partial charge is 0.272 e. The molecule has 4 amide bonds. The number of alkyl halides is 3. The van der Waals surface area contributed by atoms with E-state index >= 15 is 4.39 Å². The van der Waals surface area contributed by atoms with Gasteiger partial charge in [-0.05, 0) is 61.6 Å². The van der Waals surface area contributed by atoms with Gasteiger partial charge in [-0.1, -0.05) is 92.8 Å². The van der Waals surface area contributed by atoms with Gasteiger partial charge in [0.1, 0.15) is 5.83 Å². The van der Waals surface area contributed by atoms with E-state index < -0.39 is 51.1 Å². The van der Waals surface area contributed by atoms with Crippen LogP contribution in [0.5, 0.6) is 0 Å². The normalized spacial score (nSPS) is 13.9. The lowest BCUT2D eigenvalue weighted by Gasteiger charge is -2.24. The molecule has 1 aliphatic heterocycles. The molecule has 0 fully saturated rings. The number of halogens is 4. The van der Waals surface area contributed by atoms with Crippen molar-refractivity contribution >= 4 is 64.1 Å². The van der Waals surface area contributed by atoms with Gasteiger partial charge >= 0.3 is 0 Å². The highest BCUT2D eigenvalue weighted by Gasteiger charge is 2.36. The SMILES string of the molecule is C=CC.CC.CC(C)C(NC(=O)C(Cl)(Cl)Cl)/C(F)=C/C(CCCN1C(=O)c2ccccc2C1=O)C(=O)Nc1ccc(CO)cc1. The number of carbonyl (C=O) groups excluding carboxylic acids is 4. The Morgan fingerprint density at radius 1 is 1.02 bits per heavy atom. The van der Waals surface area contributed by atoms with Gasteiger partial charge in [-0.25, -0.2) is 4.39 Å². The number of nitrogens with zero attached hydrogens (tertiary/aromatic N) is 1. The van der Waals surface area contributed by atoms with Gasteiger partial charge in [0.2, 0.25) is 5.91 Å². The average molecular weight is 685 g/mol. The maximum absolute atomic E-state index is 15.5. The van der Waals surface area contributed by atoms with Crippen LogP contribution >= 0.6 is 34.8 Å². The van der Waals surface area contributed by atoms with Gasteiger partial charge < -0.3 is 15.7 Å². The van der Waals surface area contributed by atoms with E-state index in [0.29, 0.717) is 22.4 Å². The van der Waals surface area contributed by atoms with E-state index in [4.69, 9.17) is 34.8 Å².